The van der Waals surface area contributed by atoms with E-state index in [4.69, 9.17) is 4.99 Å². The molecule has 4 heteroatoms. The molecule has 0 radical (unpaired) electrons. The summed E-state index contributed by atoms with van der Waals surface area (Å²) in [5.74, 6) is 1.38. The second-order valence-corrected chi connectivity index (χ2v) is 6.34. The van der Waals surface area contributed by atoms with Crippen molar-refractivity contribution in [3.05, 3.63) is 35.9 Å². The molecule has 1 fully saturated rings. The maximum Gasteiger partial charge on any atom is 0.191 e. The number of nitrogens with one attached hydrogen (secondary N) is 2. The zero-order valence-electron chi connectivity index (χ0n) is 14.9. The van der Waals surface area contributed by atoms with Crippen LogP contribution >= 0.6 is 0 Å². The summed E-state index contributed by atoms with van der Waals surface area (Å²) in [5.41, 5.74) is 1.35. The van der Waals surface area contributed by atoms with Gasteiger partial charge in [0.1, 0.15) is 0 Å². The smallest absolute Gasteiger partial charge is 0.191 e. The number of guanidine groups is 1. The molecule has 0 amide bonds. The van der Waals surface area contributed by atoms with Crippen LogP contribution in [0.1, 0.15) is 45.1 Å². The zero-order valence-corrected chi connectivity index (χ0v) is 14.9. The lowest BCUT2D eigenvalue weighted by Crippen LogP contribution is -2.45. The van der Waals surface area contributed by atoms with Crippen LogP contribution in [0.2, 0.25) is 0 Å². The van der Waals surface area contributed by atoms with Crippen molar-refractivity contribution in [1.82, 2.24) is 15.5 Å². The van der Waals surface area contributed by atoms with Crippen molar-refractivity contribution in [3.63, 3.8) is 0 Å². The standard InChI is InChI=1S/C19H32N4/c1-4-20-19(22-15-18-12-9-13-23(18)5-2)21-14-16(3)17-10-7-6-8-11-17/h6-8,10-11,16,18H,4-5,9,12-15H2,1-3H3,(H2,20,21,22). The second kappa shape index (κ2) is 9.56. The molecule has 0 saturated carbocycles. The first-order valence-corrected chi connectivity index (χ1v) is 9.05. The summed E-state index contributed by atoms with van der Waals surface area (Å²) in [6, 6.07) is 11.3. The van der Waals surface area contributed by atoms with E-state index in [0.29, 0.717) is 12.0 Å². The van der Waals surface area contributed by atoms with Gasteiger partial charge < -0.3 is 10.6 Å². The number of hydrogen-bond donors (Lipinski definition) is 2. The van der Waals surface area contributed by atoms with Crippen LogP contribution in [0.15, 0.2) is 35.3 Å². The van der Waals surface area contributed by atoms with Crippen molar-refractivity contribution in [2.75, 3.05) is 32.7 Å². The van der Waals surface area contributed by atoms with Crippen LogP contribution in [0.5, 0.6) is 0 Å². The van der Waals surface area contributed by atoms with Crippen molar-refractivity contribution < 1.29 is 0 Å². The summed E-state index contributed by atoms with van der Waals surface area (Å²) in [6.45, 7) is 11.7. The third-order valence-electron chi connectivity index (χ3n) is 4.65. The predicted molar refractivity (Wildman–Crippen MR) is 99.1 cm³/mol. The molecule has 1 aliphatic rings. The second-order valence-electron chi connectivity index (χ2n) is 6.34. The topological polar surface area (TPSA) is 39.7 Å². The summed E-state index contributed by atoms with van der Waals surface area (Å²) < 4.78 is 0. The van der Waals surface area contributed by atoms with E-state index in [2.05, 4.69) is 66.6 Å². The van der Waals surface area contributed by atoms with Gasteiger partial charge >= 0.3 is 0 Å². The van der Waals surface area contributed by atoms with Gasteiger partial charge in [-0.15, -0.1) is 0 Å². The Morgan fingerprint density at radius 2 is 2.04 bits per heavy atom. The molecule has 128 valence electrons. The van der Waals surface area contributed by atoms with Crippen molar-refractivity contribution in [3.8, 4) is 0 Å². The fraction of sp³-hybridized carbons (Fsp3) is 0.632. The number of likely N-dealkylation sites (tertiary alicyclic amines) is 1. The summed E-state index contributed by atoms with van der Waals surface area (Å²) in [6.07, 6.45) is 2.61. The fourth-order valence-corrected chi connectivity index (χ4v) is 3.21. The normalized spacial score (nSPS) is 20.5. The van der Waals surface area contributed by atoms with Crippen LogP contribution in [0.25, 0.3) is 0 Å². The third-order valence-corrected chi connectivity index (χ3v) is 4.65. The molecule has 0 bridgehead atoms. The number of rotatable bonds is 7. The van der Waals surface area contributed by atoms with E-state index < -0.39 is 0 Å². The van der Waals surface area contributed by atoms with E-state index in [1.165, 1.54) is 24.9 Å². The molecule has 1 aromatic carbocycles. The summed E-state index contributed by atoms with van der Waals surface area (Å²) >= 11 is 0. The van der Waals surface area contributed by atoms with Gasteiger partial charge in [0.25, 0.3) is 0 Å². The van der Waals surface area contributed by atoms with Crippen LogP contribution < -0.4 is 10.6 Å². The van der Waals surface area contributed by atoms with Crippen molar-refractivity contribution >= 4 is 5.96 Å². The lowest BCUT2D eigenvalue weighted by molar-refractivity contribution is 0.267. The first-order chi connectivity index (χ1) is 11.2. The molecule has 0 aliphatic carbocycles. The SMILES string of the molecule is CCNC(=NCC(C)c1ccccc1)NCC1CCCN1CC. The van der Waals surface area contributed by atoms with Crippen LogP contribution in [0.4, 0.5) is 0 Å². The molecule has 4 nitrogen and oxygen atoms in total. The Bertz CT molecular complexity index is 472. The van der Waals surface area contributed by atoms with E-state index in [1.807, 2.05) is 0 Å². The van der Waals surface area contributed by atoms with Crippen LogP contribution in [-0.2, 0) is 0 Å². The largest absolute Gasteiger partial charge is 0.357 e. The highest BCUT2D eigenvalue weighted by atomic mass is 15.2. The van der Waals surface area contributed by atoms with E-state index in [9.17, 15) is 0 Å². The zero-order chi connectivity index (χ0) is 16.5. The molecule has 0 spiro atoms. The van der Waals surface area contributed by atoms with Crippen LogP contribution in [-0.4, -0.2) is 49.6 Å². The molecule has 2 rings (SSSR count). The minimum absolute atomic E-state index is 0.435. The minimum Gasteiger partial charge on any atom is -0.357 e. The number of benzene rings is 1. The van der Waals surface area contributed by atoms with Gasteiger partial charge in [-0.1, -0.05) is 44.2 Å². The molecule has 1 heterocycles. The number of aliphatic imine (C=N–C) groups is 1. The van der Waals surface area contributed by atoms with Gasteiger partial charge in [-0.3, -0.25) is 9.89 Å². The molecule has 2 unspecified atom stereocenters. The average molecular weight is 316 g/mol. The Labute approximate surface area is 141 Å². The van der Waals surface area contributed by atoms with Gasteiger partial charge in [-0.05, 0) is 38.4 Å². The molecular weight excluding hydrogens is 284 g/mol. The summed E-state index contributed by atoms with van der Waals surface area (Å²) in [7, 11) is 0. The molecule has 1 aliphatic heterocycles. The van der Waals surface area contributed by atoms with Gasteiger partial charge in [-0.25, -0.2) is 0 Å². The van der Waals surface area contributed by atoms with Gasteiger partial charge in [0.15, 0.2) is 5.96 Å². The Balaban J connectivity index is 1.87. The third kappa shape index (κ3) is 5.54. The number of likely N-dealkylation sites (N-methyl/N-ethyl adjacent to an activating group) is 1. The molecule has 1 saturated heterocycles. The Kier molecular flexibility index (Phi) is 7.40. The van der Waals surface area contributed by atoms with E-state index in [0.717, 1.165) is 32.1 Å². The monoisotopic (exact) mass is 316 g/mol. The minimum atomic E-state index is 0.435. The maximum atomic E-state index is 4.78. The van der Waals surface area contributed by atoms with Crippen LogP contribution in [0, 0.1) is 0 Å². The van der Waals surface area contributed by atoms with Gasteiger partial charge in [-0.2, -0.15) is 0 Å². The number of hydrogen-bond acceptors (Lipinski definition) is 2. The highest BCUT2D eigenvalue weighted by Crippen LogP contribution is 2.16. The molecule has 2 atom stereocenters. The quantitative estimate of drug-likeness (QED) is 0.600. The highest BCUT2D eigenvalue weighted by Gasteiger charge is 2.22. The van der Waals surface area contributed by atoms with Crippen molar-refractivity contribution in [2.24, 2.45) is 4.99 Å². The van der Waals surface area contributed by atoms with E-state index in [1.54, 1.807) is 0 Å². The molecule has 2 N–H and O–H groups in total. The Morgan fingerprint density at radius 3 is 2.74 bits per heavy atom. The first-order valence-electron chi connectivity index (χ1n) is 9.05. The highest BCUT2D eigenvalue weighted by molar-refractivity contribution is 5.79. The molecule has 0 aromatic heterocycles. The van der Waals surface area contributed by atoms with Crippen LogP contribution in [0.3, 0.4) is 0 Å². The van der Waals surface area contributed by atoms with Crippen molar-refractivity contribution in [1.29, 1.82) is 0 Å². The Hall–Kier alpha value is -1.55. The fourth-order valence-electron chi connectivity index (χ4n) is 3.21. The molecule has 1 aromatic rings. The van der Waals surface area contributed by atoms with Gasteiger partial charge in [0.05, 0.1) is 0 Å². The van der Waals surface area contributed by atoms with Crippen molar-refractivity contribution in [2.45, 2.75) is 45.6 Å². The van der Waals surface area contributed by atoms with E-state index in [-0.39, 0.29) is 0 Å². The predicted octanol–water partition coefficient (Wildman–Crippen LogP) is 2.83. The van der Waals surface area contributed by atoms with E-state index >= 15 is 0 Å². The summed E-state index contributed by atoms with van der Waals surface area (Å²) in [5, 5.41) is 6.90. The Morgan fingerprint density at radius 1 is 1.26 bits per heavy atom. The first kappa shape index (κ1) is 17.8. The molecule has 23 heavy (non-hydrogen) atoms. The summed E-state index contributed by atoms with van der Waals surface area (Å²) in [4.78, 5) is 7.34. The number of nitrogens with zero attached hydrogens (tertiary/aromatic N) is 2. The maximum absolute atomic E-state index is 4.78. The molecular formula is C19H32N4. The lowest BCUT2D eigenvalue weighted by atomic mass is 10.0. The average Bonchev–Trinajstić information content (AvgIpc) is 3.05. The van der Waals surface area contributed by atoms with Gasteiger partial charge in [0.2, 0.25) is 0 Å². The van der Waals surface area contributed by atoms with Gasteiger partial charge in [0, 0.05) is 31.6 Å². The lowest BCUT2D eigenvalue weighted by Gasteiger charge is -2.24.